The largest absolute Gasteiger partial charge is 0.309 e. The molecule has 8 aromatic rings. The van der Waals surface area contributed by atoms with Crippen molar-refractivity contribution < 1.29 is 0 Å². The Morgan fingerprint density at radius 3 is 1.23 bits per heavy atom. The lowest BCUT2D eigenvalue weighted by Crippen LogP contribution is -2.74. The highest BCUT2D eigenvalue weighted by Crippen LogP contribution is 2.31. The number of fused-ring (bicyclic) bond motifs is 3. The summed E-state index contributed by atoms with van der Waals surface area (Å²) in [5.74, 6) is 0. The van der Waals surface area contributed by atoms with Crippen LogP contribution in [-0.2, 0) is 6.42 Å². The second kappa shape index (κ2) is 12.3. The van der Waals surface area contributed by atoms with Crippen LogP contribution < -0.4 is 20.7 Å². The van der Waals surface area contributed by atoms with E-state index >= 15 is 0 Å². The van der Waals surface area contributed by atoms with Crippen LogP contribution in [0.4, 0.5) is 0 Å². The van der Waals surface area contributed by atoms with Crippen LogP contribution in [0.5, 0.6) is 0 Å². The third kappa shape index (κ3) is 5.01. The first-order valence-corrected chi connectivity index (χ1v) is 19.0. The van der Waals surface area contributed by atoms with E-state index in [1.165, 1.54) is 76.1 Å². The van der Waals surface area contributed by atoms with E-state index < -0.39 is 8.07 Å². The van der Waals surface area contributed by atoms with Gasteiger partial charge in [0.05, 0.1) is 11.0 Å². The van der Waals surface area contributed by atoms with Crippen molar-refractivity contribution in [3.63, 3.8) is 0 Å². The van der Waals surface area contributed by atoms with Crippen LogP contribution in [0.3, 0.4) is 0 Å². The van der Waals surface area contributed by atoms with Crippen LogP contribution in [0, 0.1) is 13.8 Å². The third-order valence-electron chi connectivity index (χ3n) is 10.1. The molecule has 0 saturated heterocycles. The maximum absolute atomic E-state index is 2.71. The minimum absolute atomic E-state index is 1.05. The minimum Gasteiger partial charge on any atom is -0.309 e. The van der Waals surface area contributed by atoms with E-state index in [9.17, 15) is 0 Å². The topological polar surface area (TPSA) is 4.93 Å². The van der Waals surface area contributed by atoms with E-state index in [0.717, 1.165) is 6.42 Å². The number of rotatable bonds is 7. The average molecular weight is 634 g/mol. The molecule has 0 radical (unpaired) electrons. The third-order valence-corrected chi connectivity index (χ3v) is 14.9. The summed E-state index contributed by atoms with van der Waals surface area (Å²) in [7, 11) is -2.71. The Bertz CT molecular complexity index is 2250. The minimum atomic E-state index is -2.71. The molecule has 0 N–H and O–H groups in total. The van der Waals surface area contributed by atoms with Gasteiger partial charge in [0.25, 0.3) is 0 Å². The second-order valence-electron chi connectivity index (χ2n) is 13.0. The molecule has 0 aliphatic rings. The Morgan fingerprint density at radius 1 is 0.417 bits per heavy atom. The fourth-order valence-corrected chi connectivity index (χ4v) is 12.2. The van der Waals surface area contributed by atoms with Crippen LogP contribution in [-0.4, -0.2) is 12.6 Å². The molecule has 0 amide bonds. The summed E-state index contributed by atoms with van der Waals surface area (Å²) in [5, 5.41) is 8.10. The molecule has 0 spiro atoms. The van der Waals surface area contributed by atoms with E-state index in [1.54, 1.807) is 0 Å². The lowest BCUT2D eigenvalue weighted by molar-refractivity contribution is 1.14. The second-order valence-corrected chi connectivity index (χ2v) is 16.8. The van der Waals surface area contributed by atoms with Crippen molar-refractivity contribution in [2.75, 3.05) is 0 Å². The normalized spacial score (nSPS) is 11.7. The Morgan fingerprint density at radius 2 is 0.792 bits per heavy atom. The number of benzene rings is 7. The lowest BCUT2D eigenvalue weighted by atomic mass is 10.0. The van der Waals surface area contributed by atoms with E-state index in [2.05, 4.69) is 195 Å². The summed E-state index contributed by atoms with van der Waals surface area (Å²) in [5.41, 5.74) is 10.1. The summed E-state index contributed by atoms with van der Waals surface area (Å²) < 4.78 is 2.41. The van der Waals surface area contributed by atoms with Crippen molar-refractivity contribution in [2.24, 2.45) is 0 Å². The van der Waals surface area contributed by atoms with Crippen molar-refractivity contribution in [3.8, 4) is 16.8 Å². The highest BCUT2D eigenvalue weighted by atomic mass is 28.3. The fourth-order valence-electron chi connectivity index (χ4n) is 7.51. The zero-order valence-corrected chi connectivity index (χ0v) is 28.8. The molecule has 1 nitrogen and oxygen atoms in total. The molecule has 0 saturated carbocycles. The molecule has 232 valence electrons. The molecule has 0 fully saturated rings. The first kappa shape index (κ1) is 29.9. The van der Waals surface area contributed by atoms with Crippen molar-refractivity contribution >= 4 is 50.6 Å². The highest BCUT2D eigenvalue weighted by molar-refractivity contribution is 7.19. The van der Waals surface area contributed by atoms with Gasteiger partial charge in [-0.15, -0.1) is 0 Å². The molecule has 8 rings (SSSR count). The SMILES string of the molecule is CCc1ccc(-c2ccc([Si](c3ccc(C)cc3)(c3ccc(C)cc3)c3ccc(-n4c5ccccc5c5ccccc54)cc3)cc2)cc1. The van der Waals surface area contributed by atoms with Crippen molar-refractivity contribution in [1.82, 2.24) is 4.57 Å². The van der Waals surface area contributed by atoms with Crippen LogP contribution in [0.1, 0.15) is 23.6 Å². The molecular weight excluding hydrogens is 595 g/mol. The maximum atomic E-state index is 2.41. The molecule has 0 aliphatic heterocycles. The molecule has 1 aromatic heterocycles. The van der Waals surface area contributed by atoms with Gasteiger partial charge in [0.2, 0.25) is 0 Å². The zero-order chi connectivity index (χ0) is 32.7. The average Bonchev–Trinajstić information content (AvgIpc) is 3.48. The van der Waals surface area contributed by atoms with Crippen LogP contribution in [0.15, 0.2) is 170 Å². The number of nitrogens with zero attached hydrogens (tertiary/aromatic N) is 1. The van der Waals surface area contributed by atoms with Crippen molar-refractivity contribution in [1.29, 1.82) is 0 Å². The summed E-state index contributed by atoms with van der Waals surface area (Å²) in [6.45, 7) is 6.57. The van der Waals surface area contributed by atoms with E-state index in [1.807, 2.05) is 0 Å². The van der Waals surface area contributed by atoms with Gasteiger partial charge in [-0.05, 0) is 82.0 Å². The molecule has 7 aromatic carbocycles. The molecule has 0 unspecified atom stereocenters. The number of aryl methyl sites for hydroxylation is 3. The highest BCUT2D eigenvalue weighted by Gasteiger charge is 2.41. The molecule has 0 aliphatic carbocycles. The Labute approximate surface area is 284 Å². The van der Waals surface area contributed by atoms with Gasteiger partial charge in [-0.25, -0.2) is 0 Å². The standard InChI is InChI=1S/C46H39NSi/c1-4-35-17-19-36(20-18-35)37-21-29-41(30-22-37)48(39-25-13-33(2)14-26-39,40-27-15-34(3)16-28-40)42-31-23-38(24-32-42)47-45-11-7-5-9-43(45)44-10-6-8-12-46(44)47/h5-32H,4H2,1-3H3. The van der Waals surface area contributed by atoms with E-state index in [0.29, 0.717) is 0 Å². The number of hydrogen-bond donors (Lipinski definition) is 0. The monoisotopic (exact) mass is 633 g/mol. The van der Waals surface area contributed by atoms with Gasteiger partial charge >= 0.3 is 0 Å². The summed E-state index contributed by atoms with van der Waals surface area (Å²) in [4.78, 5) is 0. The Hall–Kier alpha value is -5.44. The lowest BCUT2D eigenvalue weighted by Gasteiger charge is -2.35. The number of para-hydroxylation sites is 2. The predicted molar refractivity (Wildman–Crippen MR) is 209 cm³/mol. The van der Waals surface area contributed by atoms with Crippen LogP contribution >= 0.6 is 0 Å². The molecular formula is C46H39NSi. The van der Waals surface area contributed by atoms with Gasteiger partial charge in [0.1, 0.15) is 0 Å². The molecule has 0 bridgehead atoms. The summed E-state index contributed by atoms with van der Waals surface area (Å²) in [6, 6.07) is 64.0. The van der Waals surface area contributed by atoms with Gasteiger partial charge in [0, 0.05) is 16.5 Å². The molecule has 1 heterocycles. The summed E-state index contributed by atoms with van der Waals surface area (Å²) >= 11 is 0. The van der Waals surface area contributed by atoms with Crippen molar-refractivity contribution in [3.05, 3.63) is 187 Å². The van der Waals surface area contributed by atoms with Crippen LogP contribution in [0.2, 0.25) is 0 Å². The summed E-state index contributed by atoms with van der Waals surface area (Å²) in [6.07, 6.45) is 1.05. The van der Waals surface area contributed by atoms with Gasteiger partial charge < -0.3 is 4.57 Å². The number of aromatic nitrogens is 1. The first-order valence-electron chi connectivity index (χ1n) is 17.0. The Balaban J connectivity index is 1.34. The zero-order valence-electron chi connectivity index (χ0n) is 27.8. The fraction of sp³-hybridized carbons (Fsp3) is 0.0870. The predicted octanol–water partition coefficient (Wildman–Crippen LogP) is 9.01. The molecule has 2 heteroatoms. The smallest absolute Gasteiger partial charge is 0.179 e. The van der Waals surface area contributed by atoms with E-state index in [4.69, 9.17) is 0 Å². The van der Waals surface area contributed by atoms with Crippen molar-refractivity contribution in [2.45, 2.75) is 27.2 Å². The molecule has 48 heavy (non-hydrogen) atoms. The van der Waals surface area contributed by atoms with E-state index in [-0.39, 0.29) is 0 Å². The first-order chi connectivity index (χ1) is 23.6. The van der Waals surface area contributed by atoms with Gasteiger partial charge in [-0.2, -0.15) is 0 Å². The van der Waals surface area contributed by atoms with Gasteiger partial charge in [-0.1, -0.05) is 164 Å². The van der Waals surface area contributed by atoms with Gasteiger partial charge in [-0.3, -0.25) is 0 Å². The Kier molecular flexibility index (Phi) is 7.67. The maximum Gasteiger partial charge on any atom is 0.179 e. The molecule has 0 atom stereocenters. The van der Waals surface area contributed by atoms with Crippen LogP contribution in [0.25, 0.3) is 38.6 Å². The van der Waals surface area contributed by atoms with Gasteiger partial charge in [0.15, 0.2) is 8.07 Å². The number of hydrogen-bond acceptors (Lipinski definition) is 0. The quantitative estimate of drug-likeness (QED) is 0.122.